The molecule has 0 aliphatic carbocycles. The SMILES string of the molecule is CCC(CC)(C(NC)c1cc(OC)ccc1OC)N(C)C. The van der Waals surface area contributed by atoms with Gasteiger partial charge in [-0.05, 0) is 52.2 Å². The normalized spacial score (nSPS) is 13.3. The number of methoxy groups -OCH3 is 2. The van der Waals surface area contributed by atoms with E-state index >= 15 is 0 Å². The number of rotatable bonds is 8. The summed E-state index contributed by atoms with van der Waals surface area (Å²) in [7, 11) is 9.70. The van der Waals surface area contributed by atoms with Gasteiger partial charge in [-0.2, -0.15) is 0 Å². The minimum Gasteiger partial charge on any atom is -0.497 e. The van der Waals surface area contributed by atoms with E-state index in [1.807, 2.05) is 19.2 Å². The Morgan fingerprint density at radius 3 is 2.14 bits per heavy atom. The van der Waals surface area contributed by atoms with E-state index in [2.05, 4.69) is 44.2 Å². The molecule has 4 heteroatoms. The van der Waals surface area contributed by atoms with Crippen LogP contribution in [0, 0.1) is 0 Å². The van der Waals surface area contributed by atoms with Crippen LogP contribution >= 0.6 is 0 Å². The van der Waals surface area contributed by atoms with Gasteiger partial charge in [-0.25, -0.2) is 0 Å². The molecule has 21 heavy (non-hydrogen) atoms. The molecule has 0 aliphatic heterocycles. The Kier molecular flexibility index (Phi) is 6.49. The highest BCUT2D eigenvalue weighted by atomic mass is 16.5. The van der Waals surface area contributed by atoms with Gasteiger partial charge in [-0.3, -0.25) is 0 Å². The van der Waals surface area contributed by atoms with Crippen molar-refractivity contribution in [2.75, 3.05) is 35.4 Å². The molecular weight excluding hydrogens is 264 g/mol. The van der Waals surface area contributed by atoms with Gasteiger partial charge in [0.15, 0.2) is 0 Å². The molecular formula is C17H30N2O2. The van der Waals surface area contributed by atoms with Crippen molar-refractivity contribution < 1.29 is 9.47 Å². The maximum Gasteiger partial charge on any atom is 0.123 e. The molecule has 0 radical (unpaired) electrons. The fourth-order valence-corrected chi connectivity index (χ4v) is 3.33. The minimum atomic E-state index is 0.0222. The van der Waals surface area contributed by atoms with E-state index in [-0.39, 0.29) is 11.6 Å². The molecule has 4 nitrogen and oxygen atoms in total. The van der Waals surface area contributed by atoms with Crippen molar-refractivity contribution in [2.24, 2.45) is 0 Å². The predicted octanol–water partition coefficient (Wildman–Crippen LogP) is 3.08. The van der Waals surface area contributed by atoms with Crippen LogP contribution in [0.25, 0.3) is 0 Å². The highest BCUT2D eigenvalue weighted by Gasteiger charge is 2.39. The first kappa shape index (κ1) is 17.8. The molecule has 1 N–H and O–H groups in total. The van der Waals surface area contributed by atoms with Crippen LogP contribution < -0.4 is 14.8 Å². The second kappa shape index (κ2) is 7.66. The molecule has 0 spiro atoms. The lowest BCUT2D eigenvalue weighted by Gasteiger charge is -2.45. The molecule has 1 rings (SSSR count). The zero-order valence-corrected chi connectivity index (χ0v) is 14.5. The van der Waals surface area contributed by atoms with Gasteiger partial charge in [0.2, 0.25) is 0 Å². The van der Waals surface area contributed by atoms with Gasteiger partial charge in [0.25, 0.3) is 0 Å². The Bertz CT molecular complexity index is 442. The molecule has 0 bridgehead atoms. The van der Waals surface area contributed by atoms with Crippen molar-refractivity contribution in [3.63, 3.8) is 0 Å². The zero-order chi connectivity index (χ0) is 16.0. The van der Waals surface area contributed by atoms with E-state index in [1.54, 1.807) is 14.2 Å². The van der Waals surface area contributed by atoms with Crippen molar-refractivity contribution in [3.8, 4) is 11.5 Å². The number of nitrogens with one attached hydrogen (secondary N) is 1. The molecule has 1 aromatic rings. The standard InChI is InChI=1S/C17H30N2O2/c1-8-17(9-2,19(4)5)16(18-3)14-12-13(20-6)10-11-15(14)21-7/h10-12,16,18H,8-9H2,1-7H3. The van der Waals surface area contributed by atoms with E-state index in [0.717, 1.165) is 29.9 Å². The molecule has 0 heterocycles. The van der Waals surface area contributed by atoms with Crippen LogP contribution in [0.1, 0.15) is 38.3 Å². The predicted molar refractivity (Wildman–Crippen MR) is 88.3 cm³/mol. The van der Waals surface area contributed by atoms with E-state index < -0.39 is 0 Å². The smallest absolute Gasteiger partial charge is 0.123 e. The van der Waals surface area contributed by atoms with Crippen LogP contribution in [0.4, 0.5) is 0 Å². The van der Waals surface area contributed by atoms with Crippen molar-refractivity contribution in [1.29, 1.82) is 0 Å². The van der Waals surface area contributed by atoms with Gasteiger partial charge in [0.05, 0.1) is 20.3 Å². The summed E-state index contributed by atoms with van der Waals surface area (Å²) < 4.78 is 11.0. The molecule has 120 valence electrons. The summed E-state index contributed by atoms with van der Waals surface area (Å²) in [6, 6.07) is 6.14. The minimum absolute atomic E-state index is 0.0222. The summed E-state index contributed by atoms with van der Waals surface area (Å²) in [5.74, 6) is 1.74. The fourth-order valence-electron chi connectivity index (χ4n) is 3.33. The van der Waals surface area contributed by atoms with Gasteiger partial charge in [0.1, 0.15) is 11.5 Å². The largest absolute Gasteiger partial charge is 0.497 e. The number of benzene rings is 1. The summed E-state index contributed by atoms with van der Waals surface area (Å²) >= 11 is 0. The molecule has 0 fully saturated rings. The molecule has 0 saturated heterocycles. The summed E-state index contributed by atoms with van der Waals surface area (Å²) in [6.45, 7) is 4.47. The highest BCUT2D eigenvalue weighted by molar-refractivity contribution is 5.43. The Hall–Kier alpha value is -1.26. The third kappa shape index (κ3) is 3.33. The number of hydrogen-bond acceptors (Lipinski definition) is 4. The lowest BCUT2D eigenvalue weighted by molar-refractivity contribution is 0.0904. The van der Waals surface area contributed by atoms with Crippen LogP contribution in [0.15, 0.2) is 18.2 Å². The number of hydrogen-bond donors (Lipinski definition) is 1. The summed E-state index contributed by atoms with van der Waals surface area (Å²) in [5.41, 5.74) is 1.16. The third-order valence-corrected chi connectivity index (χ3v) is 4.69. The summed E-state index contributed by atoms with van der Waals surface area (Å²) in [5, 5.41) is 3.49. The second-order valence-corrected chi connectivity index (χ2v) is 5.53. The fraction of sp³-hybridized carbons (Fsp3) is 0.647. The Balaban J connectivity index is 3.43. The van der Waals surface area contributed by atoms with E-state index in [9.17, 15) is 0 Å². The average Bonchev–Trinajstić information content (AvgIpc) is 2.51. The zero-order valence-electron chi connectivity index (χ0n) is 14.5. The van der Waals surface area contributed by atoms with Crippen LogP contribution in [0.2, 0.25) is 0 Å². The van der Waals surface area contributed by atoms with Crippen LogP contribution in [0.3, 0.4) is 0 Å². The van der Waals surface area contributed by atoms with Crippen molar-refractivity contribution >= 4 is 0 Å². The molecule has 1 aromatic carbocycles. The Morgan fingerprint density at radius 1 is 1.14 bits per heavy atom. The lowest BCUT2D eigenvalue weighted by atomic mass is 9.79. The van der Waals surface area contributed by atoms with Crippen LogP contribution in [0.5, 0.6) is 11.5 Å². The molecule has 1 unspecified atom stereocenters. The topological polar surface area (TPSA) is 33.7 Å². The average molecular weight is 294 g/mol. The Morgan fingerprint density at radius 2 is 1.76 bits per heavy atom. The number of ether oxygens (including phenoxy) is 2. The first-order valence-corrected chi connectivity index (χ1v) is 7.57. The highest BCUT2D eigenvalue weighted by Crippen LogP contribution is 2.40. The van der Waals surface area contributed by atoms with E-state index in [1.165, 1.54) is 0 Å². The van der Waals surface area contributed by atoms with Crippen molar-refractivity contribution in [2.45, 2.75) is 38.3 Å². The quantitative estimate of drug-likeness (QED) is 0.799. The molecule has 0 amide bonds. The van der Waals surface area contributed by atoms with Gasteiger partial charge >= 0.3 is 0 Å². The van der Waals surface area contributed by atoms with Crippen molar-refractivity contribution in [3.05, 3.63) is 23.8 Å². The van der Waals surface area contributed by atoms with E-state index in [4.69, 9.17) is 9.47 Å². The maximum absolute atomic E-state index is 5.58. The molecule has 1 atom stereocenters. The maximum atomic E-state index is 5.58. The third-order valence-electron chi connectivity index (χ3n) is 4.69. The van der Waals surface area contributed by atoms with Gasteiger partial charge in [-0.1, -0.05) is 13.8 Å². The monoisotopic (exact) mass is 294 g/mol. The molecule has 0 aromatic heterocycles. The number of nitrogens with zero attached hydrogens (tertiary/aromatic N) is 1. The first-order chi connectivity index (χ1) is 10.00. The van der Waals surface area contributed by atoms with Gasteiger partial charge in [-0.15, -0.1) is 0 Å². The summed E-state index contributed by atoms with van der Waals surface area (Å²) in [4.78, 5) is 2.31. The number of likely N-dealkylation sites (N-methyl/N-ethyl adjacent to an activating group) is 2. The molecule has 0 aliphatic rings. The van der Waals surface area contributed by atoms with Crippen LogP contribution in [-0.4, -0.2) is 45.8 Å². The van der Waals surface area contributed by atoms with Gasteiger partial charge < -0.3 is 19.7 Å². The lowest BCUT2D eigenvalue weighted by Crippen LogP contribution is -2.52. The first-order valence-electron chi connectivity index (χ1n) is 7.57. The molecule has 0 saturated carbocycles. The van der Waals surface area contributed by atoms with Gasteiger partial charge in [0, 0.05) is 11.1 Å². The Labute approximate surface area is 129 Å². The summed E-state index contributed by atoms with van der Waals surface area (Å²) in [6.07, 6.45) is 2.09. The van der Waals surface area contributed by atoms with Crippen LogP contribution in [-0.2, 0) is 0 Å². The van der Waals surface area contributed by atoms with E-state index in [0.29, 0.717) is 0 Å². The second-order valence-electron chi connectivity index (χ2n) is 5.53. The van der Waals surface area contributed by atoms with Crippen molar-refractivity contribution in [1.82, 2.24) is 10.2 Å².